The van der Waals surface area contributed by atoms with Crippen molar-refractivity contribution in [3.8, 4) is 5.88 Å². The quantitative estimate of drug-likeness (QED) is 0.661. The molecule has 0 aliphatic carbocycles. The number of hydrogen-bond acceptors (Lipinski definition) is 5. The maximum Gasteiger partial charge on any atom is 0.333 e. The summed E-state index contributed by atoms with van der Waals surface area (Å²) in [6.07, 6.45) is 2.75. The summed E-state index contributed by atoms with van der Waals surface area (Å²) in [5.74, 6) is -1.30. The smallest absolute Gasteiger partial charge is 0.333 e. The molecule has 2 rings (SSSR count). The largest absolute Gasteiger partial charge is 0.494 e. The number of aromatic nitrogens is 2. The van der Waals surface area contributed by atoms with Crippen molar-refractivity contribution in [1.29, 1.82) is 0 Å². The van der Waals surface area contributed by atoms with Crippen molar-refractivity contribution < 1.29 is 9.90 Å². The maximum atomic E-state index is 12.3. The summed E-state index contributed by atoms with van der Waals surface area (Å²) in [6.45, 7) is 0. The molecule has 0 saturated heterocycles. The minimum atomic E-state index is -0.826. The normalized spacial score (nSPS) is 11.0. The van der Waals surface area contributed by atoms with E-state index in [1.165, 1.54) is 20.2 Å². The van der Waals surface area contributed by atoms with Crippen LogP contribution in [0.3, 0.4) is 0 Å². The summed E-state index contributed by atoms with van der Waals surface area (Å²) in [7, 11) is 6.39. The Hall–Kier alpha value is -3.09. The molecule has 126 valence electrons. The average molecular weight is 329 g/mol. The summed E-state index contributed by atoms with van der Waals surface area (Å²) in [4.78, 5) is 38.0. The van der Waals surface area contributed by atoms with Crippen LogP contribution in [0, 0.1) is 0 Å². The minimum absolute atomic E-state index is 0.430. The number of allylic oxidation sites excluding steroid dienone is 1. The average Bonchev–Trinajstić information content (AvgIpc) is 2.57. The van der Waals surface area contributed by atoms with Gasteiger partial charge in [0.05, 0.1) is 0 Å². The lowest BCUT2D eigenvalue weighted by Crippen LogP contribution is -2.39. The molecule has 1 aromatic carbocycles. The number of carbonyl (C=O) groups is 1. The summed E-state index contributed by atoms with van der Waals surface area (Å²) in [5, 5.41) is 9.94. The molecule has 0 fully saturated rings. The lowest BCUT2D eigenvalue weighted by atomic mass is 10.1. The topological polar surface area (TPSA) is 84.5 Å². The fourth-order valence-electron chi connectivity index (χ4n) is 2.19. The van der Waals surface area contributed by atoms with Gasteiger partial charge in [-0.15, -0.1) is 0 Å². The molecule has 0 aliphatic rings. The first kappa shape index (κ1) is 17.3. The third-order valence-corrected chi connectivity index (χ3v) is 3.72. The van der Waals surface area contributed by atoms with Gasteiger partial charge in [0, 0.05) is 33.9 Å². The fraction of sp³-hybridized carbons (Fsp3) is 0.235. The van der Waals surface area contributed by atoms with Gasteiger partial charge in [-0.1, -0.05) is 18.2 Å². The van der Waals surface area contributed by atoms with E-state index in [1.54, 1.807) is 6.08 Å². The van der Waals surface area contributed by atoms with Gasteiger partial charge in [-0.25, -0.2) is 4.79 Å². The van der Waals surface area contributed by atoms with E-state index in [0.29, 0.717) is 0 Å². The monoisotopic (exact) mass is 329 g/mol. The number of aromatic hydroxyl groups is 1. The minimum Gasteiger partial charge on any atom is -0.494 e. The Morgan fingerprint density at radius 1 is 1.08 bits per heavy atom. The predicted octanol–water partition coefficient (Wildman–Crippen LogP) is 0.752. The lowest BCUT2D eigenvalue weighted by Gasteiger charge is -2.11. The highest BCUT2D eigenvalue weighted by atomic mass is 16.3. The van der Waals surface area contributed by atoms with Crippen LogP contribution in [0.5, 0.6) is 5.88 Å². The van der Waals surface area contributed by atoms with E-state index >= 15 is 0 Å². The van der Waals surface area contributed by atoms with Crippen molar-refractivity contribution in [2.45, 2.75) is 0 Å². The first-order valence-corrected chi connectivity index (χ1v) is 7.22. The van der Waals surface area contributed by atoms with Gasteiger partial charge in [0.2, 0.25) is 5.88 Å². The molecular formula is C17H19N3O4. The Balaban J connectivity index is 2.37. The molecule has 0 amide bonds. The molecule has 1 heterocycles. The number of hydrogen-bond donors (Lipinski definition) is 1. The molecule has 7 nitrogen and oxygen atoms in total. The van der Waals surface area contributed by atoms with Crippen LogP contribution in [-0.4, -0.2) is 34.1 Å². The molecule has 0 spiro atoms. The first-order chi connectivity index (χ1) is 11.2. The highest BCUT2D eigenvalue weighted by Crippen LogP contribution is 2.14. The maximum absolute atomic E-state index is 12.3. The Kier molecular flexibility index (Phi) is 4.73. The van der Waals surface area contributed by atoms with E-state index in [9.17, 15) is 19.5 Å². The van der Waals surface area contributed by atoms with Crippen LogP contribution in [0.25, 0.3) is 6.08 Å². The van der Waals surface area contributed by atoms with E-state index < -0.39 is 28.5 Å². The third-order valence-electron chi connectivity index (χ3n) is 3.72. The SMILES string of the molecule is CN(C)c1ccc(C=CC(=O)c2c(O)n(C)c(=O)n(C)c2=O)cc1. The molecule has 0 aliphatic heterocycles. The van der Waals surface area contributed by atoms with Crippen LogP contribution in [0.15, 0.2) is 39.9 Å². The third kappa shape index (κ3) is 3.15. The zero-order valence-corrected chi connectivity index (χ0v) is 14.0. The van der Waals surface area contributed by atoms with E-state index in [-0.39, 0.29) is 0 Å². The Bertz CT molecular complexity index is 919. The van der Waals surface area contributed by atoms with Crippen molar-refractivity contribution in [3.63, 3.8) is 0 Å². The number of nitrogens with zero attached hydrogens (tertiary/aromatic N) is 3. The van der Waals surface area contributed by atoms with Gasteiger partial charge >= 0.3 is 5.69 Å². The van der Waals surface area contributed by atoms with Gasteiger partial charge in [-0.05, 0) is 23.8 Å². The van der Waals surface area contributed by atoms with Crippen LogP contribution >= 0.6 is 0 Å². The molecule has 0 radical (unpaired) electrons. The van der Waals surface area contributed by atoms with E-state index in [2.05, 4.69) is 0 Å². The van der Waals surface area contributed by atoms with E-state index in [0.717, 1.165) is 20.4 Å². The van der Waals surface area contributed by atoms with Gasteiger partial charge in [-0.3, -0.25) is 18.7 Å². The van der Waals surface area contributed by atoms with Gasteiger partial charge in [0.1, 0.15) is 5.56 Å². The molecule has 0 atom stereocenters. The lowest BCUT2D eigenvalue weighted by molar-refractivity contribution is 0.104. The second kappa shape index (κ2) is 6.57. The van der Waals surface area contributed by atoms with Crippen LogP contribution in [0.1, 0.15) is 15.9 Å². The second-order valence-electron chi connectivity index (χ2n) is 5.59. The Labute approximate surface area is 138 Å². The van der Waals surface area contributed by atoms with Gasteiger partial charge in [0.25, 0.3) is 5.56 Å². The molecule has 0 bridgehead atoms. The van der Waals surface area contributed by atoms with Crippen molar-refractivity contribution >= 4 is 17.5 Å². The standard InChI is InChI=1S/C17H19N3O4/c1-18(2)12-8-5-11(6-9-12)7-10-13(21)14-15(22)19(3)17(24)20(4)16(14)23/h5-10,22H,1-4H3. The summed E-state index contributed by atoms with van der Waals surface area (Å²) >= 11 is 0. The molecule has 0 unspecified atom stereocenters. The Morgan fingerprint density at radius 3 is 2.21 bits per heavy atom. The van der Waals surface area contributed by atoms with Crippen molar-refractivity contribution in [3.05, 3.63) is 62.3 Å². The van der Waals surface area contributed by atoms with Crippen molar-refractivity contribution in [2.75, 3.05) is 19.0 Å². The Morgan fingerprint density at radius 2 is 1.67 bits per heavy atom. The summed E-state index contributed by atoms with van der Waals surface area (Å²) < 4.78 is 1.64. The van der Waals surface area contributed by atoms with E-state index in [4.69, 9.17) is 0 Å². The van der Waals surface area contributed by atoms with Crippen molar-refractivity contribution in [1.82, 2.24) is 9.13 Å². The summed E-state index contributed by atoms with van der Waals surface area (Å²) in [5.41, 5.74) is -0.163. The van der Waals surface area contributed by atoms with Crippen molar-refractivity contribution in [2.24, 2.45) is 14.1 Å². The zero-order chi connectivity index (χ0) is 18.0. The second-order valence-corrected chi connectivity index (χ2v) is 5.59. The number of carbonyl (C=O) groups excluding carboxylic acids is 1. The highest BCUT2D eigenvalue weighted by Gasteiger charge is 2.19. The highest BCUT2D eigenvalue weighted by molar-refractivity contribution is 6.08. The van der Waals surface area contributed by atoms with Crippen LogP contribution in [-0.2, 0) is 14.1 Å². The summed E-state index contributed by atoms with van der Waals surface area (Å²) in [6, 6.07) is 7.45. The predicted molar refractivity (Wildman–Crippen MR) is 92.7 cm³/mol. The number of rotatable bonds is 4. The van der Waals surface area contributed by atoms with Crippen LogP contribution in [0.2, 0.25) is 0 Å². The van der Waals surface area contributed by atoms with Gasteiger partial charge < -0.3 is 10.0 Å². The molecule has 2 aromatic rings. The molecular weight excluding hydrogens is 310 g/mol. The molecule has 1 aromatic heterocycles. The fourth-order valence-corrected chi connectivity index (χ4v) is 2.19. The van der Waals surface area contributed by atoms with E-state index in [1.807, 2.05) is 43.3 Å². The van der Waals surface area contributed by atoms with Gasteiger partial charge in [0.15, 0.2) is 5.78 Å². The number of benzene rings is 1. The molecule has 1 N–H and O–H groups in total. The van der Waals surface area contributed by atoms with Crippen LogP contribution < -0.4 is 16.1 Å². The van der Waals surface area contributed by atoms with Gasteiger partial charge in [-0.2, -0.15) is 0 Å². The molecule has 0 saturated carbocycles. The number of anilines is 1. The first-order valence-electron chi connectivity index (χ1n) is 7.22. The zero-order valence-electron chi connectivity index (χ0n) is 14.0. The molecule has 24 heavy (non-hydrogen) atoms. The van der Waals surface area contributed by atoms with Crippen LogP contribution in [0.4, 0.5) is 5.69 Å². The number of ketones is 1. The molecule has 7 heteroatoms.